The molecule has 0 atom stereocenters. The number of aryl methyl sites for hydroxylation is 2. The smallest absolute Gasteiger partial charge is 0.339 e. The maximum absolute atomic E-state index is 12.6. The van der Waals surface area contributed by atoms with E-state index in [0.29, 0.717) is 36.2 Å². The molecule has 0 spiro atoms. The lowest BCUT2D eigenvalue weighted by atomic mass is 10.00. The van der Waals surface area contributed by atoms with E-state index in [0.717, 1.165) is 49.7 Å². The van der Waals surface area contributed by atoms with Crippen molar-refractivity contribution >= 4 is 11.9 Å². The molecule has 0 aliphatic carbocycles. The summed E-state index contributed by atoms with van der Waals surface area (Å²) in [6.07, 6.45) is 8.46. The van der Waals surface area contributed by atoms with Crippen molar-refractivity contribution in [3.8, 4) is 0 Å². The molecular weight excluding hydrogens is 376 g/mol. The van der Waals surface area contributed by atoms with Crippen LogP contribution in [-0.4, -0.2) is 25.2 Å². The van der Waals surface area contributed by atoms with E-state index in [-0.39, 0.29) is 0 Å². The molecule has 1 aromatic carbocycles. The van der Waals surface area contributed by atoms with E-state index in [9.17, 15) is 9.59 Å². The summed E-state index contributed by atoms with van der Waals surface area (Å²) in [6.45, 7) is 13.5. The van der Waals surface area contributed by atoms with Crippen LogP contribution in [0.15, 0.2) is 12.1 Å². The molecule has 0 aliphatic rings. The van der Waals surface area contributed by atoms with Gasteiger partial charge in [0.05, 0.1) is 24.3 Å². The van der Waals surface area contributed by atoms with Crippen molar-refractivity contribution in [1.82, 2.24) is 0 Å². The minimum atomic E-state index is -0.439. The predicted octanol–water partition coefficient (Wildman–Crippen LogP) is 7.05. The fourth-order valence-corrected chi connectivity index (χ4v) is 3.30. The number of benzene rings is 1. The standard InChI is InChI=1S/C26H42O4/c1-19(2)13-9-7-11-15-29-25(27)23-17-21(5)22(6)18-24(23)26(28)30-16-12-8-10-14-20(3)4/h17-20H,7-16H2,1-6H3. The zero-order chi connectivity index (χ0) is 22.5. The second-order valence-electron chi connectivity index (χ2n) is 9.24. The molecule has 4 nitrogen and oxygen atoms in total. The van der Waals surface area contributed by atoms with Gasteiger partial charge in [-0.25, -0.2) is 9.59 Å². The minimum absolute atomic E-state index is 0.310. The zero-order valence-electron chi connectivity index (χ0n) is 20.0. The normalized spacial score (nSPS) is 11.2. The van der Waals surface area contributed by atoms with Gasteiger partial charge in [-0.05, 0) is 61.8 Å². The molecule has 0 saturated carbocycles. The molecule has 1 aromatic rings. The summed E-state index contributed by atoms with van der Waals surface area (Å²) in [4.78, 5) is 25.2. The molecule has 0 radical (unpaired) electrons. The maximum atomic E-state index is 12.6. The summed E-state index contributed by atoms with van der Waals surface area (Å²) >= 11 is 0. The fraction of sp³-hybridized carbons (Fsp3) is 0.692. The van der Waals surface area contributed by atoms with Crippen LogP contribution in [0.5, 0.6) is 0 Å². The Morgan fingerprint density at radius 1 is 0.667 bits per heavy atom. The second-order valence-corrected chi connectivity index (χ2v) is 9.24. The highest BCUT2D eigenvalue weighted by Gasteiger charge is 2.21. The number of esters is 2. The Morgan fingerprint density at radius 2 is 1.03 bits per heavy atom. The van der Waals surface area contributed by atoms with Gasteiger partial charge in [-0.2, -0.15) is 0 Å². The number of hydrogen-bond donors (Lipinski definition) is 0. The first-order valence-electron chi connectivity index (χ1n) is 11.7. The molecule has 0 bridgehead atoms. The Balaban J connectivity index is 2.59. The van der Waals surface area contributed by atoms with Crippen molar-refractivity contribution in [2.45, 2.75) is 92.9 Å². The highest BCUT2D eigenvalue weighted by Crippen LogP contribution is 2.19. The highest BCUT2D eigenvalue weighted by atomic mass is 16.5. The zero-order valence-corrected chi connectivity index (χ0v) is 20.0. The molecule has 170 valence electrons. The lowest BCUT2D eigenvalue weighted by Crippen LogP contribution is -2.16. The van der Waals surface area contributed by atoms with Crippen molar-refractivity contribution in [2.75, 3.05) is 13.2 Å². The molecule has 4 heteroatoms. The lowest BCUT2D eigenvalue weighted by Gasteiger charge is -2.13. The Hall–Kier alpha value is -1.84. The summed E-state index contributed by atoms with van der Waals surface area (Å²) < 4.78 is 10.9. The van der Waals surface area contributed by atoms with E-state index in [1.807, 2.05) is 13.8 Å². The van der Waals surface area contributed by atoms with Gasteiger partial charge in [0.2, 0.25) is 0 Å². The third-order valence-electron chi connectivity index (χ3n) is 5.39. The van der Waals surface area contributed by atoms with Crippen LogP contribution in [0.25, 0.3) is 0 Å². The molecule has 0 fully saturated rings. The molecule has 0 saturated heterocycles. The van der Waals surface area contributed by atoms with Gasteiger partial charge in [-0.15, -0.1) is 0 Å². The van der Waals surface area contributed by atoms with Crippen molar-refractivity contribution in [3.63, 3.8) is 0 Å². The van der Waals surface area contributed by atoms with Gasteiger partial charge in [-0.1, -0.05) is 66.2 Å². The molecule has 30 heavy (non-hydrogen) atoms. The highest BCUT2D eigenvalue weighted by molar-refractivity contribution is 6.03. The van der Waals surface area contributed by atoms with Crippen LogP contribution < -0.4 is 0 Å². The van der Waals surface area contributed by atoms with Crippen LogP contribution in [0.4, 0.5) is 0 Å². The van der Waals surface area contributed by atoms with E-state index in [2.05, 4.69) is 27.7 Å². The van der Waals surface area contributed by atoms with Gasteiger partial charge < -0.3 is 9.47 Å². The number of unbranched alkanes of at least 4 members (excludes halogenated alkanes) is 4. The van der Waals surface area contributed by atoms with Gasteiger partial charge in [-0.3, -0.25) is 0 Å². The van der Waals surface area contributed by atoms with Crippen LogP contribution in [0, 0.1) is 25.7 Å². The largest absolute Gasteiger partial charge is 0.462 e. The molecule has 0 aliphatic heterocycles. The third kappa shape index (κ3) is 10.3. The topological polar surface area (TPSA) is 52.6 Å². The average molecular weight is 419 g/mol. The third-order valence-corrected chi connectivity index (χ3v) is 5.39. The van der Waals surface area contributed by atoms with E-state index < -0.39 is 11.9 Å². The lowest BCUT2D eigenvalue weighted by molar-refractivity contribution is 0.0450. The fourth-order valence-electron chi connectivity index (χ4n) is 3.30. The van der Waals surface area contributed by atoms with E-state index in [1.165, 1.54) is 12.8 Å². The number of carbonyl (C=O) groups is 2. The number of rotatable bonds is 14. The van der Waals surface area contributed by atoms with Gasteiger partial charge in [0, 0.05) is 0 Å². The average Bonchev–Trinajstić information content (AvgIpc) is 2.68. The second kappa shape index (κ2) is 14.2. The molecule has 1 rings (SSSR count). The SMILES string of the molecule is Cc1cc(C(=O)OCCCCCC(C)C)c(C(=O)OCCCCCC(C)C)cc1C. The number of carbonyl (C=O) groups excluding carboxylic acids is 2. The minimum Gasteiger partial charge on any atom is -0.462 e. The summed E-state index contributed by atoms with van der Waals surface area (Å²) in [5, 5.41) is 0. The summed E-state index contributed by atoms with van der Waals surface area (Å²) in [7, 11) is 0. The Labute approximate surface area is 183 Å². The maximum Gasteiger partial charge on any atom is 0.339 e. The van der Waals surface area contributed by atoms with Crippen LogP contribution in [0.2, 0.25) is 0 Å². The monoisotopic (exact) mass is 418 g/mol. The Bertz CT molecular complexity index is 604. The molecule has 0 aromatic heterocycles. The van der Waals surface area contributed by atoms with E-state index in [4.69, 9.17) is 9.47 Å². The summed E-state index contributed by atoms with van der Waals surface area (Å²) in [5.41, 5.74) is 2.54. The molecular formula is C26H42O4. The van der Waals surface area contributed by atoms with Crippen LogP contribution in [0.1, 0.15) is 111 Å². The quantitative estimate of drug-likeness (QED) is 0.240. The van der Waals surface area contributed by atoms with Crippen LogP contribution in [0.3, 0.4) is 0 Å². The van der Waals surface area contributed by atoms with Gasteiger partial charge in [0.15, 0.2) is 0 Å². The Morgan fingerprint density at radius 3 is 1.37 bits per heavy atom. The van der Waals surface area contributed by atoms with Gasteiger partial charge >= 0.3 is 11.9 Å². The van der Waals surface area contributed by atoms with Crippen molar-refractivity contribution in [2.24, 2.45) is 11.8 Å². The molecule has 0 N–H and O–H groups in total. The predicted molar refractivity (Wildman–Crippen MR) is 123 cm³/mol. The first-order chi connectivity index (χ1) is 14.2. The summed E-state index contributed by atoms with van der Waals surface area (Å²) in [5.74, 6) is 0.524. The number of ether oxygens (including phenoxy) is 2. The number of hydrogen-bond acceptors (Lipinski definition) is 4. The molecule has 0 amide bonds. The van der Waals surface area contributed by atoms with E-state index >= 15 is 0 Å². The molecule has 0 unspecified atom stereocenters. The van der Waals surface area contributed by atoms with Crippen molar-refractivity contribution in [3.05, 3.63) is 34.4 Å². The molecule has 0 heterocycles. The van der Waals surface area contributed by atoms with Crippen LogP contribution >= 0.6 is 0 Å². The first kappa shape index (κ1) is 26.2. The van der Waals surface area contributed by atoms with Crippen LogP contribution in [-0.2, 0) is 9.47 Å². The van der Waals surface area contributed by atoms with Crippen molar-refractivity contribution < 1.29 is 19.1 Å². The van der Waals surface area contributed by atoms with Crippen molar-refractivity contribution in [1.29, 1.82) is 0 Å². The summed E-state index contributed by atoms with van der Waals surface area (Å²) in [6, 6.07) is 3.49. The van der Waals surface area contributed by atoms with E-state index in [1.54, 1.807) is 12.1 Å². The van der Waals surface area contributed by atoms with Gasteiger partial charge in [0.25, 0.3) is 0 Å². The first-order valence-corrected chi connectivity index (χ1v) is 11.7. The Kier molecular flexibility index (Phi) is 12.4. The van der Waals surface area contributed by atoms with Gasteiger partial charge in [0.1, 0.15) is 0 Å².